The van der Waals surface area contributed by atoms with Gasteiger partial charge in [-0.3, -0.25) is 9.78 Å². The van der Waals surface area contributed by atoms with Gasteiger partial charge in [-0.15, -0.1) is 0 Å². The number of hydrogen-bond acceptors (Lipinski definition) is 5. The van der Waals surface area contributed by atoms with Gasteiger partial charge in [-0.1, -0.05) is 30.3 Å². The molecule has 0 saturated heterocycles. The van der Waals surface area contributed by atoms with Gasteiger partial charge in [0.1, 0.15) is 5.75 Å². The average molecular weight is 378 g/mol. The predicted octanol–water partition coefficient (Wildman–Crippen LogP) is 3.15. The number of carbonyl (C=O) groups excluding carboxylic acids is 2. The molecule has 0 aliphatic heterocycles. The molecule has 1 aromatic heterocycles. The summed E-state index contributed by atoms with van der Waals surface area (Å²) in [5.74, 6) is -0.117. The zero-order valence-corrected chi connectivity index (χ0v) is 15.8. The number of hydrogen-bond donors (Lipinski definition) is 1. The van der Waals surface area contributed by atoms with E-state index in [2.05, 4.69) is 10.3 Å². The van der Waals surface area contributed by atoms with Crippen molar-refractivity contribution < 1.29 is 19.1 Å². The third-order valence-corrected chi connectivity index (χ3v) is 4.38. The summed E-state index contributed by atoms with van der Waals surface area (Å²) in [7, 11) is 1.62. The summed E-state index contributed by atoms with van der Waals surface area (Å²) in [5.41, 5.74) is 1.98. The van der Waals surface area contributed by atoms with Gasteiger partial charge in [0, 0.05) is 18.1 Å². The number of rotatable bonds is 7. The van der Waals surface area contributed by atoms with E-state index in [-0.39, 0.29) is 5.91 Å². The van der Waals surface area contributed by atoms with Gasteiger partial charge in [0.05, 0.1) is 18.2 Å². The summed E-state index contributed by atoms with van der Waals surface area (Å²) in [5, 5.41) is 3.63. The zero-order chi connectivity index (χ0) is 19.9. The molecule has 0 aliphatic rings. The number of pyridine rings is 1. The molecule has 0 saturated carbocycles. The molecule has 0 bridgehead atoms. The molecule has 6 heteroatoms. The molecule has 0 aliphatic carbocycles. The second kappa shape index (κ2) is 8.99. The number of aromatic nitrogens is 1. The highest BCUT2D eigenvalue weighted by atomic mass is 16.5. The summed E-state index contributed by atoms with van der Waals surface area (Å²) >= 11 is 0. The molecule has 0 radical (unpaired) electrons. The number of nitrogens with zero attached hydrogens (tertiary/aromatic N) is 1. The second-order valence-electron chi connectivity index (χ2n) is 6.32. The molecule has 1 N–H and O–H groups in total. The van der Waals surface area contributed by atoms with Crippen molar-refractivity contribution in [3.63, 3.8) is 0 Å². The number of ether oxygens (including phenoxy) is 2. The summed E-state index contributed by atoms with van der Waals surface area (Å²) in [6.07, 6.45) is 1.39. The van der Waals surface area contributed by atoms with Gasteiger partial charge < -0.3 is 14.8 Å². The van der Waals surface area contributed by atoms with Crippen LogP contribution in [0.15, 0.2) is 60.8 Å². The number of amides is 1. The van der Waals surface area contributed by atoms with E-state index in [1.165, 1.54) is 0 Å². The molecule has 1 amide bonds. The number of fused-ring (bicyclic) bond motifs is 1. The topological polar surface area (TPSA) is 77.5 Å². The standard InChI is InChI=1S/C22H22N2O4/c1-15(21(25)24-14-12-16-8-10-18(27-2)11-9-16)28-22(26)19-7-3-5-17-6-4-13-23-20(17)19/h3-11,13,15H,12,14H2,1-2H3,(H,24,25)/t15-/m0/s1. The minimum absolute atomic E-state index is 0.338. The molecule has 1 atom stereocenters. The largest absolute Gasteiger partial charge is 0.497 e. The van der Waals surface area contributed by atoms with E-state index in [1.54, 1.807) is 38.4 Å². The lowest BCUT2D eigenvalue weighted by molar-refractivity contribution is -0.129. The maximum atomic E-state index is 12.5. The van der Waals surface area contributed by atoms with Gasteiger partial charge in [-0.25, -0.2) is 4.79 Å². The molecule has 0 fully saturated rings. The third kappa shape index (κ3) is 4.65. The van der Waals surface area contributed by atoms with Gasteiger partial charge in [0.2, 0.25) is 0 Å². The van der Waals surface area contributed by atoms with Crippen molar-refractivity contribution in [2.75, 3.05) is 13.7 Å². The number of nitrogens with one attached hydrogen (secondary N) is 1. The molecular weight excluding hydrogens is 356 g/mol. The summed E-state index contributed by atoms with van der Waals surface area (Å²) in [4.78, 5) is 29.0. The first-order valence-corrected chi connectivity index (χ1v) is 9.04. The fourth-order valence-corrected chi connectivity index (χ4v) is 2.81. The predicted molar refractivity (Wildman–Crippen MR) is 106 cm³/mol. The number of esters is 1. The van der Waals surface area contributed by atoms with Crippen LogP contribution in [0, 0.1) is 0 Å². The van der Waals surface area contributed by atoms with E-state index < -0.39 is 12.1 Å². The Morgan fingerprint density at radius 3 is 2.57 bits per heavy atom. The van der Waals surface area contributed by atoms with Crippen molar-refractivity contribution in [1.82, 2.24) is 10.3 Å². The lowest BCUT2D eigenvalue weighted by atomic mass is 10.1. The molecule has 28 heavy (non-hydrogen) atoms. The van der Waals surface area contributed by atoms with Crippen LogP contribution in [-0.4, -0.2) is 36.6 Å². The molecule has 2 aromatic carbocycles. The molecule has 0 spiro atoms. The Labute approximate surface area is 163 Å². The van der Waals surface area contributed by atoms with Crippen LogP contribution in [-0.2, 0) is 16.0 Å². The molecule has 1 heterocycles. The van der Waals surface area contributed by atoms with Crippen LogP contribution in [0.1, 0.15) is 22.8 Å². The van der Waals surface area contributed by atoms with E-state index in [0.717, 1.165) is 16.7 Å². The first-order chi connectivity index (χ1) is 13.6. The monoisotopic (exact) mass is 378 g/mol. The summed E-state index contributed by atoms with van der Waals surface area (Å²) in [6.45, 7) is 2.00. The van der Waals surface area contributed by atoms with Crippen LogP contribution in [0.25, 0.3) is 10.9 Å². The lowest BCUT2D eigenvalue weighted by Gasteiger charge is -2.14. The zero-order valence-electron chi connectivity index (χ0n) is 15.8. The van der Waals surface area contributed by atoms with Crippen LogP contribution in [0.5, 0.6) is 5.75 Å². The van der Waals surface area contributed by atoms with Crippen LogP contribution < -0.4 is 10.1 Å². The van der Waals surface area contributed by atoms with E-state index >= 15 is 0 Å². The number of methoxy groups -OCH3 is 1. The molecule has 144 valence electrons. The van der Waals surface area contributed by atoms with Gasteiger partial charge in [0.25, 0.3) is 5.91 Å². The fraction of sp³-hybridized carbons (Fsp3) is 0.227. The normalized spacial score (nSPS) is 11.6. The minimum Gasteiger partial charge on any atom is -0.497 e. The highest BCUT2D eigenvalue weighted by Crippen LogP contribution is 2.17. The van der Waals surface area contributed by atoms with Gasteiger partial charge in [-0.05, 0) is 43.2 Å². The maximum absolute atomic E-state index is 12.5. The smallest absolute Gasteiger partial charge is 0.341 e. The van der Waals surface area contributed by atoms with Crippen molar-refractivity contribution in [1.29, 1.82) is 0 Å². The molecule has 0 unspecified atom stereocenters. The van der Waals surface area contributed by atoms with Crippen LogP contribution in [0.4, 0.5) is 0 Å². The van der Waals surface area contributed by atoms with Gasteiger partial charge in [-0.2, -0.15) is 0 Å². The first kappa shape index (κ1) is 19.4. The maximum Gasteiger partial charge on any atom is 0.341 e. The molecule has 3 rings (SSSR count). The Morgan fingerprint density at radius 2 is 1.82 bits per heavy atom. The average Bonchev–Trinajstić information content (AvgIpc) is 2.73. The fourth-order valence-electron chi connectivity index (χ4n) is 2.81. The highest BCUT2D eigenvalue weighted by Gasteiger charge is 2.20. The second-order valence-corrected chi connectivity index (χ2v) is 6.32. The first-order valence-electron chi connectivity index (χ1n) is 9.04. The summed E-state index contributed by atoms with van der Waals surface area (Å²) < 4.78 is 10.5. The van der Waals surface area contributed by atoms with Crippen molar-refractivity contribution >= 4 is 22.8 Å². The Hall–Kier alpha value is -3.41. The Kier molecular flexibility index (Phi) is 6.22. The van der Waals surface area contributed by atoms with Crippen molar-refractivity contribution in [2.24, 2.45) is 0 Å². The third-order valence-electron chi connectivity index (χ3n) is 4.38. The quantitative estimate of drug-likeness (QED) is 0.639. The molecule has 3 aromatic rings. The molecule has 6 nitrogen and oxygen atoms in total. The Bertz CT molecular complexity index is 964. The van der Waals surface area contributed by atoms with E-state index in [4.69, 9.17) is 9.47 Å². The van der Waals surface area contributed by atoms with E-state index in [9.17, 15) is 9.59 Å². The minimum atomic E-state index is -0.901. The lowest BCUT2D eigenvalue weighted by Crippen LogP contribution is -2.37. The van der Waals surface area contributed by atoms with E-state index in [0.29, 0.717) is 24.0 Å². The number of benzene rings is 2. The number of para-hydroxylation sites is 1. The SMILES string of the molecule is COc1ccc(CCNC(=O)[C@H](C)OC(=O)c2cccc3cccnc23)cc1. The summed E-state index contributed by atoms with van der Waals surface area (Å²) in [6, 6.07) is 16.6. The van der Waals surface area contributed by atoms with Crippen molar-refractivity contribution in [2.45, 2.75) is 19.4 Å². The molecular formula is C22H22N2O4. The number of carbonyl (C=O) groups is 2. The van der Waals surface area contributed by atoms with Crippen LogP contribution >= 0.6 is 0 Å². The van der Waals surface area contributed by atoms with Gasteiger partial charge >= 0.3 is 5.97 Å². The Morgan fingerprint density at radius 1 is 1.07 bits per heavy atom. The van der Waals surface area contributed by atoms with E-state index in [1.807, 2.05) is 36.4 Å². The van der Waals surface area contributed by atoms with Gasteiger partial charge in [0.15, 0.2) is 6.10 Å². The van der Waals surface area contributed by atoms with Crippen molar-refractivity contribution in [3.05, 3.63) is 71.9 Å². The highest BCUT2D eigenvalue weighted by molar-refractivity contribution is 6.03. The van der Waals surface area contributed by atoms with Crippen molar-refractivity contribution in [3.8, 4) is 5.75 Å². The van der Waals surface area contributed by atoms with Crippen LogP contribution in [0.3, 0.4) is 0 Å². The Balaban J connectivity index is 1.53. The van der Waals surface area contributed by atoms with Crippen LogP contribution in [0.2, 0.25) is 0 Å².